The number of aromatic nitrogens is 2. The molecule has 0 saturated heterocycles. The number of thioether (sulfide) groups is 1. The molecule has 2 N–H and O–H groups in total. The van der Waals surface area contributed by atoms with E-state index in [4.69, 9.17) is 5.11 Å². The summed E-state index contributed by atoms with van der Waals surface area (Å²) < 4.78 is 0.990. The van der Waals surface area contributed by atoms with E-state index in [2.05, 4.69) is 25.9 Å². The predicted octanol–water partition coefficient (Wildman–Crippen LogP) is 3.02. The Labute approximate surface area is 111 Å². The van der Waals surface area contributed by atoms with Gasteiger partial charge in [-0.25, -0.2) is 4.98 Å². The molecule has 88 valence electrons. The van der Waals surface area contributed by atoms with Crippen molar-refractivity contribution in [3.05, 3.63) is 34.9 Å². The number of aromatic amines is 1. The summed E-state index contributed by atoms with van der Waals surface area (Å²) in [6.45, 7) is 0. The molecule has 1 aromatic carbocycles. The van der Waals surface area contributed by atoms with Crippen molar-refractivity contribution in [2.75, 3.05) is 5.75 Å². The van der Waals surface area contributed by atoms with Gasteiger partial charge in [-0.2, -0.15) is 0 Å². The number of carboxylic acids is 1. The van der Waals surface area contributed by atoms with Crippen LogP contribution < -0.4 is 0 Å². The number of hydrogen-bond donors (Lipinski definition) is 2. The third-order valence-corrected chi connectivity index (χ3v) is 3.39. The summed E-state index contributed by atoms with van der Waals surface area (Å²) in [7, 11) is 0. The predicted molar refractivity (Wildman–Crippen MR) is 70.1 cm³/mol. The van der Waals surface area contributed by atoms with Gasteiger partial charge < -0.3 is 10.1 Å². The van der Waals surface area contributed by atoms with Crippen LogP contribution in [0.4, 0.5) is 0 Å². The number of nitrogens with zero attached hydrogens (tertiary/aromatic N) is 1. The van der Waals surface area contributed by atoms with Gasteiger partial charge in [0.15, 0.2) is 5.16 Å². The van der Waals surface area contributed by atoms with Gasteiger partial charge in [0.25, 0.3) is 0 Å². The lowest BCUT2D eigenvalue weighted by molar-refractivity contribution is -0.133. The van der Waals surface area contributed by atoms with Gasteiger partial charge in [0.05, 0.1) is 17.6 Å². The van der Waals surface area contributed by atoms with Crippen molar-refractivity contribution in [1.82, 2.24) is 9.97 Å². The molecule has 0 unspecified atom stereocenters. The minimum atomic E-state index is -0.851. The maximum atomic E-state index is 10.4. The summed E-state index contributed by atoms with van der Waals surface area (Å²) in [6, 6.07) is 7.81. The minimum absolute atomic E-state index is 0.00539. The molecule has 0 radical (unpaired) electrons. The smallest absolute Gasteiger partial charge is 0.313 e. The van der Waals surface area contributed by atoms with E-state index in [0.29, 0.717) is 5.16 Å². The molecule has 0 bridgehead atoms. The Morgan fingerprint density at radius 2 is 2.35 bits per heavy atom. The Kier molecular flexibility index (Phi) is 3.86. The van der Waals surface area contributed by atoms with Gasteiger partial charge in [-0.15, -0.1) is 0 Å². The summed E-state index contributed by atoms with van der Waals surface area (Å²) in [5.41, 5.74) is 1.88. The molecule has 0 atom stereocenters. The summed E-state index contributed by atoms with van der Waals surface area (Å²) >= 11 is 4.57. The Morgan fingerprint density at radius 3 is 3.06 bits per heavy atom. The first-order chi connectivity index (χ1) is 8.15. The SMILES string of the molecule is O=C(O)CSc1ncc(-c2cccc(Br)c2)[nH]1. The number of H-pyrrole nitrogens is 1. The van der Waals surface area contributed by atoms with Crippen molar-refractivity contribution in [2.45, 2.75) is 5.16 Å². The van der Waals surface area contributed by atoms with E-state index < -0.39 is 5.97 Å². The number of rotatable bonds is 4. The maximum Gasteiger partial charge on any atom is 0.313 e. The van der Waals surface area contributed by atoms with Crippen LogP contribution in [-0.4, -0.2) is 26.8 Å². The molecule has 0 aliphatic heterocycles. The molecule has 1 heterocycles. The van der Waals surface area contributed by atoms with Crippen molar-refractivity contribution >= 4 is 33.7 Å². The zero-order valence-corrected chi connectivity index (χ0v) is 11.1. The molecule has 0 aliphatic rings. The Bertz CT molecular complexity index is 542. The van der Waals surface area contributed by atoms with Crippen molar-refractivity contribution in [2.24, 2.45) is 0 Å². The van der Waals surface area contributed by atoms with Crippen LogP contribution in [0.3, 0.4) is 0 Å². The highest BCUT2D eigenvalue weighted by Crippen LogP contribution is 2.23. The second kappa shape index (κ2) is 5.37. The number of halogens is 1. The lowest BCUT2D eigenvalue weighted by Crippen LogP contribution is -1.97. The molecule has 2 rings (SSSR count). The number of benzene rings is 1. The molecule has 0 aliphatic carbocycles. The average molecular weight is 313 g/mol. The first-order valence-corrected chi connectivity index (χ1v) is 6.58. The lowest BCUT2D eigenvalue weighted by Gasteiger charge is -1.97. The molecule has 0 amide bonds. The minimum Gasteiger partial charge on any atom is -0.481 e. The molecule has 17 heavy (non-hydrogen) atoms. The highest BCUT2D eigenvalue weighted by Gasteiger charge is 2.06. The standard InChI is InChI=1S/C11H9BrN2O2S/c12-8-3-1-2-7(4-8)9-5-13-11(14-9)17-6-10(15)16/h1-5H,6H2,(H,13,14)(H,15,16). The van der Waals surface area contributed by atoms with Crippen molar-refractivity contribution in [1.29, 1.82) is 0 Å². The molecule has 0 spiro atoms. The maximum absolute atomic E-state index is 10.4. The average Bonchev–Trinajstić information content (AvgIpc) is 2.75. The lowest BCUT2D eigenvalue weighted by atomic mass is 10.2. The Hall–Kier alpha value is -1.27. The van der Waals surface area contributed by atoms with Crippen LogP contribution >= 0.6 is 27.7 Å². The number of hydrogen-bond acceptors (Lipinski definition) is 3. The van der Waals surface area contributed by atoms with Gasteiger partial charge >= 0.3 is 5.97 Å². The molecular weight excluding hydrogens is 304 g/mol. The topological polar surface area (TPSA) is 66.0 Å². The molecule has 2 aromatic rings. The first kappa shape index (κ1) is 12.2. The van der Waals surface area contributed by atoms with E-state index in [-0.39, 0.29) is 5.75 Å². The number of nitrogens with one attached hydrogen (secondary N) is 1. The third kappa shape index (κ3) is 3.34. The molecule has 6 heteroatoms. The monoisotopic (exact) mass is 312 g/mol. The van der Waals surface area contributed by atoms with Crippen LogP contribution in [0.2, 0.25) is 0 Å². The van der Waals surface area contributed by atoms with Crippen LogP contribution in [0, 0.1) is 0 Å². The zero-order chi connectivity index (χ0) is 12.3. The quantitative estimate of drug-likeness (QED) is 0.852. The van der Waals surface area contributed by atoms with E-state index in [1.165, 1.54) is 11.8 Å². The van der Waals surface area contributed by atoms with E-state index in [0.717, 1.165) is 15.7 Å². The summed E-state index contributed by atoms with van der Waals surface area (Å²) in [4.78, 5) is 17.6. The first-order valence-electron chi connectivity index (χ1n) is 4.80. The number of imidazole rings is 1. The van der Waals surface area contributed by atoms with E-state index >= 15 is 0 Å². The van der Waals surface area contributed by atoms with E-state index in [1.807, 2.05) is 24.3 Å². The molecule has 0 fully saturated rings. The van der Waals surface area contributed by atoms with Gasteiger partial charge in [0.1, 0.15) is 0 Å². The van der Waals surface area contributed by atoms with Gasteiger partial charge in [0.2, 0.25) is 0 Å². The highest BCUT2D eigenvalue weighted by molar-refractivity contribution is 9.10. The number of carboxylic acid groups (broad SMARTS) is 1. The van der Waals surface area contributed by atoms with Gasteiger partial charge in [-0.3, -0.25) is 4.79 Å². The van der Waals surface area contributed by atoms with Gasteiger partial charge in [-0.1, -0.05) is 39.8 Å². The van der Waals surface area contributed by atoms with Gasteiger partial charge in [0, 0.05) is 10.0 Å². The largest absolute Gasteiger partial charge is 0.481 e. The molecule has 0 saturated carbocycles. The van der Waals surface area contributed by atoms with E-state index in [9.17, 15) is 4.79 Å². The summed E-state index contributed by atoms with van der Waals surface area (Å²) in [6.07, 6.45) is 1.70. The van der Waals surface area contributed by atoms with Crippen molar-refractivity contribution < 1.29 is 9.90 Å². The summed E-state index contributed by atoms with van der Waals surface area (Å²) in [5.74, 6) is -0.846. The number of aliphatic carboxylic acids is 1. The molecule has 1 aromatic heterocycles. The fourth-order valence-electron chi connectivity index (χ4n) is 1.31. The van der Waals surface area contributed by atoms with Crippen LogP contribution in [0.1, 0.15) is 0 Å². The van der Waals surface area contributed by atoms with Gasteiger partial charge in [-0.05, 0) is 12.1 Å². The van der Waals surface area contributed by atoms with Crippen molar-refractivity contribution in [3.63, 3.8) is 0 Å². The van der Waals surface area contributed by atoms with Crippen LogP contribution in [0.5, 0.6) is 0 Å². The number of carbonyl (C=O) groups is 1. The second-order valence-corrected chi connectivity index (χ2v) is 5.17. The third-order valence-electron chi connectivity index (χ3n) is 2.02. The Morgan fingerprint density at radius 1 is 1.53 bits per heavy atom. The van der Waals surface area contributed by atoms with Crippen molar-refractivity contribution in [3.8, 4) is 11.3 Å². The molecule has 4 nitrogen and oxygen atoms in total. The normalized spacial score (nSPS) is 10.4. The van der Waals surface area contributed by atoms with Crippen LogP contribution in [0.15, 0.2) is 40.1 Å². The fourth-order valence-corrected chi connectivity index (χ4v) is 2.28. The van der Waals surface area contributed by atoms with E-state index in [1.54, 1.807) is 6.20 Å². The molecular formula is C11H9BrN2O2S. The fraction of sp³-hybridized carbons (Fsp3) is 0.0909. The van der Waals surface area contributed by atoms with Crippen LogP contribution in [0.25, 0.3) is 11.3 Å². The zero-order valence-electron chi connectivity index (χ0n) is 8.68. The second-order valence-electron chi connectivity index (χ2n) is 3.29. The highest BCUT2D eigenvalue weighted by atomic mass is 79.9. The summed E-state index contributed by atoms with van der Waals surface area (Å²) in [5, 5.41) is 9.18. The Balaban J connectivity index is 2.15. The van der Waals surface area contributed by atoms with Crippen LogP contribution in [-0.2, 0) is 4.79 Å².